The summed E-state index contributed by atoms with van der Waals surface area (Å²) in [7, 11) is 0. The highest BCUT2D eigenvalue weighted by molar-refractivity contribution is 6.30. The first kappa shape index (κ1) is 22.7. The van der Waals surface area contributed by atoms with E-state index in [9.17, 15) is 9.90 Å². The predicted octanol–water partition coefficient (Wildman–Crippen LogP) is 4.11. The summed E-state index contributed by atoms with van der Waals surface area (Å²) in [5, 5.41) is 18.1. The summed E-state index contributed by atoms with van der Waals surface area (Å²) in [4.78, 5) is 17.0. The molecule has 2 aromatic carbocycles. The minimum absolute atomic E-state index is 0.0421. The van der Waals surface area contributed by atoms with E-state index in [2.05, 4.69) is 15.4 Å². The number of fused-ring (bicyclic) bond motifs is 1. The number of pyridine rings is 1. The monoisotopic (exact) mass is 467 g/mol. The van der Waals surface area contributed by atoms with Gasteiger partial charge in [0, 0.05) is 23.3 Å². The predicted molar refractivity (Wildman–Crippen MR) is 126 cm³/mol. The molecule has 0 saturated heterocycles. The van der Waals surface area contributed by atoms with Crippen LogP contribution in [0.2, 0.25) is 5.02 Å². The van der Waals surface area contributed by atoms with Crippen molar-refractivity contribution in [2.45, 2.75) is 25.9 Å². The summed E-state index contributed by atoms with van der Waals surface area (Å²) >= 11 is 5.90. The summed E-state index contributed by atoms with van der Waals surface area (Å²) < 4.78 is 16.9. The molecule has 1 amide bonds. The molecule has 0 aliphatic carbocycles. The summed E-state index contributed by atoms with van der Waals surface area (Å²) in [6, 6.07) is 13.5. The molecule has 0 unspecified atom stereocenters. The van der Waals surface area contributed by atoms with Crippen molar-refractivity contribution < 1.29 is 14.3 Å². The molecule has 0 aliphatic heterocycles. The van der Waals surface area contributed by atoms with Crippen molar-refractivity contribution in [3.8, 4) is 11.1 Å². The molecule has 0 aliphatic rings. The molecule has 0 fully saturated rings. The van der Waals surface area contributed by atoms with E-state index in [0.717, 1.165) is 0 Å². The molecule has 0 radical (unpaired) electrons. The van der Waals surface area contributed by atoms with Gasteiger partial charge in [-0.15, -0.1) is 5.10 Å². The summed E-state index contributed by atoms with van der Waals surface area (Å²) in [6.07, 6.45) is 1.87. The molecule has 2 heterocycles. The van der Waals surface area contributed by atoms with Gasteiger partial charge in [-0.2, -0.15) is 4.98 Å². The Labute approximate surface area is 195 Å². The van der Waals surface area contributed by atoms with Crippen LogP contribution in [0.3, 0.4) is 0 Å². The first-order chi connectivity index (χ1) is 15.7. The Kier molecular flexibility index (Phi) is 6.05. The minimum Gasteiger partial charge on any atom is -0.385 e. The fraction of sp³-hybridized carbons (Fsp3) is 0.208. The Morgan fingerprint density at radius 3 is 2.70 bits per heavy atom. The van der Waals surface area contributed by atoms with Crippen molar-refractivity contribution in [1.29, 1.82) is 0 Å². The van der Waals surface area contributed by atoms with Gasteiger partial charge in [-0.3, -0.25) is 4.79 Å². The van der Waals surface area contributed by atoms with E-state index in [4.69, 9.17) is 17.3 Å². The summed E-state index contributed by atoms with van der Waals surface area (Å²) in [5.41, 5.74) is 6.87. The molecule has 4 aromatic rings. The number of carbonyl (C=O) groups excluding carboxylic acids is 1. The van der Waals surface area contributed by atoms with Crippen LogP contribution in [0, 0.1) is 12.7 Å². The molecule has 170 valence electrons. The van der Waals surface area contributed by atoms with Crippen LogP contribution in [-0.4, -0.2) is 32.2 Å². The van der Waals surface area contributed by atoms with Gasteiger partial charge in [0.1, 0.15) is 5.82 Å². The lowest BCUT2D eigenvalue weighted by atomic mass is 9.92. The van der Waals surface area contributed by atoms with Gasteiger partial charge in [-0.1, -0.05) is 35.9 Å². The lowest BCUT2D eigenvalue weighted by Crippen LogP contribution is -2.32. The van der Waals surface area contributed by atoms with Crippen LogP contribution in [-0.2, 0) is 5.60 Å². The highest BCUT2D eigenvalue weighted by Crippen LogP contribution is 2.29. The second kappa shape index (κ2) is 8.80. The van der Waals surface area contributed by atoms with Gasteiger partial charge in [0.15, 0.2) is 5.65 Å². The van der Waals surface area contributed by atoms with Crippen LogP contribution in [0.25, 0.3) is 16.8 Å². The van der Waals surface area contributed by atoms with Crippen LogP contribution in [0.15, 0.2) is 54.7 Å². The Bertz CT molecular complexity index is 1330. The maximum absolute atomic E-state index is 15.4. The molecule has 7 nitrogen and oxygen atoms in total. The number of carbonyl (C=O) groups is 1. The number of hydrogen-bond donors (Lipinski definition) is 3. The molecule has 0 spiro atoms. The number of nitrogens with zero attached hydrogens (tertiary/aromatic N) is 3. The third-order valence-electron chi connectivity index (χ3n) is 5.61. The lowest BCUT2D eigenvalue weighted by molar-refractivity contribution is 0.0475. The van der Waals surface area contributed by atoms with Crippen molar-refractivity contribution in [3.05, 3.63) is 82.3 Å². The van der Waals surface area contributed by atoms with Crippen LogP contribution in [0.5, 0.6) is 0 Å². The molecule has 0 bridgehead atoms. The topological polar surface area (TPSA) is 106 Å². The Morgan fingerprint density at radius 1 is 1.24 bits per heavy atom. The second-order valence-corrected chi connectivity index (χ2v) is 8.53. The first-order valence-corrected chi connectivity index (χ1v) is 10.7. The van der Waals surface area contributed by atoms with Crippen LogP contribution >= 0.6 is 11.6 Å². The maximum atomic E-state index is 15.4. The van der Waals surface area contributed by atoms with E-state index in [1.165, 1.54) is 4.52 Å². The number of aryl methyl sites for hydroxylation is 1. The number of hydrogen-bond acceptors (Lipinski definition) is 5. The SMILES string of the molecule is Cc1ccc(-c2ccn3nc(N)nc3c2)c(F)c1C(=O)NCC[C@@](C)(O)c1ccc(Cl)cc1. The van der Waals surface area contributed by atoms with Gasteiger partial charge in [-0.25, -0.2) is 8.91 Å². The highest BCUT2D eigenvalue weighted by Gasteiger charge is 2.24. The molecule has 0 saturated carbocycles. The van der Waals surface area contributed by atoms with Crippen molar-refractivity contribution in [3.63, 3.8) is 0 Å². The Balaban J connectivity index is 1.53. The molecule has 4 N–H and O–H groups in total. The number of amides is 1. The number of nitrogen functional groups attached to an aromatic ring is 1. The molecular formula is C24H23ClFN5O2. The summed E-state index contributed by atoms with van der Waals surface area (Å²) in [6.45, 7) is 3.48. The Morgan fingerprint density at radius 2 is 1.97 bits per heavy atom. The number of nitrogens with two attached hydrogens (primary N) is 1. The highest BCUT2D eigenvalue weighted by atomic mass is 35.5. The van der Waals surface area contributed by atoms with E-state index in [0.29, 0.717) is 27.4 Å². The molecular weight excluding hydrogens is 445 g/mol. The third kappa shape index (κ3) is 4.67. The number of rotatable bonds is 6. The van der Waals surface area contributed by atoms with Gasteiger partial charge in [-0.05, 0) is 61.2 Å². The van der Waals surface area contributed by atoms with Gasteiger partial charge in [0.05, 0.1) is 11.2 Å². The number of aromatic nitrogens is 3. The number of aliphatic hydroxyl groups is 1. The van der Waals surface area contributed by atoms with E-state index in [1.54, 1.807) is 68.6 Å². The van der Waals surface area contributed by atoms with Crippen LogP contribution in [0.1, 0.15) is 34.8 Å². The molecule has 9 heteroatoms. The fourth-order valence-electron chi connectivity index (χ4n) is 3.70. The number of anilines is 1. The quantitative estimate of drug-likeness (QED) is 0.396. The largest absolute Gasteiger partial charge is 0.385 e. The lowest BCUT2D eigenvalue weighted by Gasteiger charge is -2.24. The van der Waals surface area contributed by atoms with Crippen LogP contribution in [0.4, 0.5) is 10.3 Å². The van der Waals surface area contributed by atoms with E-state index < -0.39 is 17.3 Å². The van der Waals surface area contributed by atoms with Gasteiger partial charge in [0.2, 0.25) is 5.95 Å². The Hall–Kier alpha value is -3.49. The smallest absolute Gasteiger partial charge is 0.254 e. The zero-order valence-corrected chi connectivity index (χ0v) is 18.9. The third-order valence-corrected chi connectivity index (χ3v) is 5.86. The molecule has 33 heavy (non-hydrogen) atoms. The second-order valence-electron chi connectivity index (χ2n) is 8.09. The van der Waals surface area contributed by atoms with Crippen molar-refractivity contribution in [1.82, 2.24) is 19.9 Å². The summed E-state index contributed by atoms with van der Waals surface area (Å²) in [5.74, 6) is -1.06. The number of halogens is 2. The van der Waals surface area contributed by atoms with Crippen molar-refractivity contribution in [2.24, 2.45) is 0 Å². The maximum Gasteiger partial charge on any atom is 0.254 e. The van der Waals surface area contributed by atoms with Crippen molar-refractivity contribution >= 4 is 29.1 Å². The van der Waals surface area contributed by atoms with E-state index >= 15 is 4.39 Å². The fourth-order valence-corrected chi connectivity index (χ4v) is 3.83. The average molecular weight is 468 g/mol. The van der Waals surface area contributed by atoms with Gasteiger partial charge in [0.25, 0.3) is 5.91 Å². The molecule has 2 aromatic heterocycles. The van der Waals surface area contributed by atoms with Crippen LogP contribution < -0.4 is 11.1 Å². The van der Waals surface area contributed by atoms with E-state index in [-0.39, 0.29) is 30.0 Å². The zero-order chi connectivity index (χ0) is 23.8. The number of nitrogens with one attached hydrogen (secondary N) is 1. The minimum atomic E-state index is -1.18. The normalized spacial score (nSPS) is 13.1. The van der Waals surface area contributed by atoms with Crippen molar-refractivity contribution in [2.75, 3.05) is 12.3 Å². The van der Waals surface area contributed by atoms with Gasteiger partial charge < -0.3 is 16.2 Å². The standard InChI is InChI=1S/C24H23ClFN5O2/c1-14-3-8-18(15-9-12-31-19(13-15)29-23(27)30-31)21(26)20(14)22(32)28-11-10-24(2,33)16-4-6-17(25)7-5-16/h3-9,12-13,33H,10-11H2,1-2H3,(H2,27,30)(H,28,32)/t24-/m1/s1. The van der Waals surface area contributed by atoms with E-state index in [1.807, 2.05) is 0 Å². The number of benzene rings is 2. The molecule has 1 atom stereocenters. The average Bonchev–Trinajstić information content (AvgIpc) is 3.13. The first-order valence-electron chi connectivity index (χ1n) is 10.3. The molecule has 4 rings (SSSR count). The zero-order valence-electron chi connectivity index (χ0n) is 18.1. The van der Waals surface area contributed by atoms with Gasteiger partial charge >= 0.3 is 0 Å².